The lowest BCUT2D eigenvalue weighted by Crippen LogP contribution is -2.30. The SMILES string of the molecule is CCN(CC)S(=O)(=O)c1ccc(C(=O)OCC(=O)c2ccc[nH]2)cc1. The summed E-state index contributed by atoms with van der Waals surface area (Å²) in [7, 11) is -3.58. The Morgan fingerprint density at radius 2 is 1.72 bits per heavy atom. The number of ether oxygens (including phenoxy) is 1. The Morgan fingerprint density at radius 1 is 1.08 bits per heavy atom. The van der Waals surface area contributed by atoms with Crippen LogP contribution in [0.25, 0.3) is 0 Å². The second-order valence-electron chi connectivity index (χ2n) is 5.20. The summed E-state index contributed by atoms with van der Waals surface area (Å²) in [4.78, 5) is 26.6. The van der Waals surface area contributed by atoms with Crippen LogP contribution in [0.4, 0.5) is 0 Å². The molecule has 0 radical (unpaired) electrons. The molecule has 8 heteroatoms. The number of H-pyrrole nitrogens is 1. The molecule has 2 aromatic rings. The normalized spacial score (nSPS) is 11.5. The van der Waals surface area contributed by atoms with E-state index in [1.807, 2.05) is 0 Å². The van der Waals surface area contributed by atoms with E-state index >= 15 is 0 Å². The highest BCUT2D eigenvalue weighted by atomic mass is 32.2. The molecule has 0 spiro atoms. The van der Waals surface area contributed by atoms with Gasteiger partial charge in [-0.15, -0.1) is 0 Å². The molecule has 0 fully saturated rings. The van der Waals surface area contributed by atoms with Crippen LogP contribution in [0.5, 0.6) is 0 Å². The molecule has 0 saturated heterocycles. The molecule has 1 aromatic carbocycles. The minimum absolute atomic E-state index is 0.107. The summed E-state index contributed by atoms with van der Waals surface area (Å²) in [6.07, 6.45) is 1.60. The summed E-state index contributed by atoms with van der Waals surface area (Å²) in [6, 6.07) is 8.72. The van der Waals surface area contributed by atoms with Crippen molar-refractivity contribution in [1.29, 1.82) is 0 Å². The van der Waals surface area contributed by atoms with Gasteiger partial charge in [0.2, 0.25) is 15.8 Å². The smallest absolute Gasteiger partial charge is 0.338 e. The van der Waals surface area contributed by atoms with E-state index < -0.39 is 22.6 Å². The summed E-state index contributed by atoms with van der Waals surface area (Å²) >= 11 is 0. The maximum Gasteiger partial charge on any atom is 0.338 e. The quantitative estimate of drug-likeness (QED) is 0.571. The van der Waals surface area contributed by atoms with Crippen molar-refractivity contribution < 1.29 is 22.7 Å². The van der Waals surface area contributed by atoms with Crippen LogP contribution >= 0.6 is 0 Å². The monoisotopic (exact) mass is 364 g/mol. The van der Waals surface area contributed by atoms with Crippen LogP contribution in [0, 0.1) is 0 Å². The number of carbonyl (C=O) groups is 2. The number of hydrogen-bond donors (Lipinski definition) is 1. The molecular weight excluding hydrogens is 344 g/mol. The predicted molar refractivity (Wildman–Crippen MR) is 92.0 cm³/mol. The maximum atomic E-state index is 12.4. The average Bonchev–Trinajstić information content (AvgIpc) is 3.15. The Labute approximate surface area is 146 Å². The highest BCUT2D eigenvalue weighted by Crippen LogP contribution is 2.16. The molecule has 1 N–H and O–H groups in total. The highest BCUT2D eigenvalue weighted by molar-refractivity contribution is 7.89. The van der Waals surface area contributed by atoms with E-state index in [1.165, 1.54) is 28.6 Å². The molecule has 0 bridgehead atoms. The van der Waals surface area contributed by atoms with Crippen LogP contribution in [0.15, 0.2) is 47.5 Å². The molecule has 134 valence electrons. The summed E-state index contributed by atoms with van der Waals surface area (Å²) < 4.78 is 31.1. The lowest BCUT2D eigenvalue weighted by Gasteiger charge is -2.18. The number of ketones is 1. The number of carbonyl (C=O) groups excluding carboxylic acids is 2. The second kappa shape index (κ2) is 8.09. The maximum absolute atomic E-state index is 12.4. The van der Waals surface area contributed by atoms with Gasteiger partial charge in [-0.1, -0.05) is 13.8 Å². The zero-order valence-electron chi connectivity index (χ0n) is 14.1. The number of nitrogens with one attached hydrogen (secondary N) is 1. The number of aromatic amines is 1. The van der Waals surface area contributed by atoms with Crippen LogP contribution in [-0.2, 0) is 14.8 Å². The number of benzene rings is 1. The van der Waals surface area contributed by atoms with Crippen molar-refractivity contribution in [2.75, 3.05) is 19.7 Å². The first-order valence-electron chi connectivity index (χ1n) is 7.84. The predicted octanol–water partition coefficient (Wildman–Crippen LogP) is 2.08. The molecule has 0 unspecified atom stereocenters. The molecule has 1 heterocycles. The van der Waals surface area contributed by atoms with Gasteiger partial charge in [0.15, 0.2) is 6.61 Å². The van der Waals surface area contributed by atoms with Gasteiger partial charge in [0.25, 0.3) is 0 Å². The second-order valence-corrected chi connectivity index (χ2v) is 7.13. The van der Waals surface area contributed by atoms with Gasteiger partial charge in [-0.3, -0.25) is 4.79 Å². The lowest BCUT2D eigenvalue weighted by molar-refractivity contribution is 0.0473. The fourth-order valence-electron chi connectivity index (χ4n) is 2.27. The third-order valence-corrected chi connectivity index (χ3v) is 5.73. The Kier molecular flexibility index (Phi) is 6.11. The van der Waals surface area contributed by atoms with Gasteiger partial charge in [-0.25, -0.2) is 13.2 Å². The topological polar surface area (TPSA) is 96.5 Å². The Morgan fingerprint density at radius 3 is 2.24 bits per heavy atom. The van der Waals surface area contributed by atoms with Crippen LogP contribution in [0.3, 0.4) is 0 Å². The number of esters is 1. The number of Topliss-reactive ketones (excluding diaryl/α,β-unsaturated/α-hetero) is 1. The number of sulfonamides is 1. The number of hydrogen-bond acceptors (Lipinski definition) is 5. The average molecular weight is 364 g/mol. The first kappa shape index (κ1) is 18.9. The van der Waals surface area contributed by atoms with Crippen molar-refractivity contribution in [3.63, 3.8) is 0 Å². The highest BCUT2D eigenvalue weighted by Gasteiger charge is 2.22. The Bertz CT molecular complexity index is 822. The van der Waals surface area contributed by atoms with Crippen LogP contribution in [-0.4, -0.2) is 49.2 Å². The zero-order chi connectivity index (χ0) is 18.4. The summed E-state index contributed by atoms with van der Waals surface area (Å²) in [5, 5.41) is 0. The molecule has 0 aliphatic rings. The van der Waals surface area contributed by atoms with Gasteiger partial charge in [0.05, 0.1) is 16.2 Å². The summed E-state index contributed by atoms with van der Waals surface area (Å²) in [6.45, 7) is 3.85. The van der Waals surface area contributed by atoms with Gasteiger partial charge in [-0.05, 0) is 36.4 Å². The van der Waals surface area contributed by atoms with E-state index in [0.717, 1.165) is 0 Å². The van der Waals surface area contributed by atoms with E-state index in [0.29, 0.717) is 18.8 Å². The van der Waals surface area contributed by atoms with Gasteiger partial charge in [0.1, 0.15) is 0 Å². The van der Waals surface area contributed by atoms with Crippen molar-refractivity contribution in [1.82, 2.24) is 9.29 Å². The largest absolute Gasteiger partial charge is 0.454 e. The van der Waals surface area contributed by atoms with Gasteiger partial charge >= 0.3 is 5.97 Å². The number of aromatic nitrogens is 1. The third-order valence-electron chi connectivity index (χ3n) is 3.67. The molecule has 0 aliphatic carbocycles. The van der Waals surface area contributed by atoms with Crippen molar-refractivity contribution >= 4 is 21.8 Å². The first-order chi connectivity index (χ1) is 11.9. The van der Waals surface area contributed by atoms with E-state index in [9.17, 15) is 18.0 Å². The third kappa shape index (κ3) is 4.34. The van der Waals surface area contributed by atoms with Crippen molar-refractivity contribution in [2.45, 2.75) is 18.7 Å². The lowest BCUT2D eigenvalue weighted by atomic mass is 10.2. The summed E-state index contributed by atoms with van der Waals surface area (Å²) in [5.74, 6) is -1.04. The molecule has 25 heavy (non-hydrogen) atoms. The molecule has 0 saturated carbocycles. The fraction of sp³-hybridized carbons (Fsp3) is 0.294. The van der Waals surface area contributed by atoms with Crippen LogP contribution < -0.4 is 0 Å². The fourth-order valence-corrected chi connectivity index (χ4v) is 3.73. The molecule has 0 atom stereocenters. The number of nitrogens with zero attached hydrogens (tertiary/aromatic N) is 1. The van der Waals surface area contributed by atoms with E-state index in [1.54, 1.807) is 32.2 Å². The molecule has 0 amide bonds. The standard InChI is InChI=1S/C17H20N2O5S/c1-3-19(4-2)25(22,23)14-9-7-13(8-10-14)17(21)24-12-16(20)15-6-5-11-18-15/h5-11,18H,3-4,12H2,1-2H3. The zero-order valence-corrected chi connectivity index (χ0v) is 14.9. The van der Waals surface area contributed by atoms with E-state index in [-0.39, 0.29) is 16.2 Å². The summed E-state index contributed by atoms with van der Waals surface area (Å²) in [5.41, 5.74) is 0.534. The molecule has 0 aliphatic heterocycles. The minimum Gasteiger partial charge on any atom is -0.454 e. The van der Waals surface area contributed by atoms with Crippen molar-refractivity contribution in [3.05, 3.63) is 53.9 Å². The molecule has 2 rings (SSSR count). The Balaban J connectivity index is 2.04. The first-order valence-corrected chi connectivity index (χ1v) is 9.28. The van der Waals surface area contributed by atoms with E-state index in [2.05, 4.69) is 4.98 Å². The van der Waals surface area contributed by atoms with Crippen molar-refractivity contribution in [3.8, 4) is 0 Å². The van der Waals surface area contributed by atoms with Gasteiger partial charge in [0, 0.05) is 19.3 Å². The molecular formula is C17H20N2O5S. The van der Waals surface area contributed by atoms with Crippen LogP contribution in [0.2, 0.25) is 0 Å². The van der Waals surface area contributed by atoms with Gasteiger partial charge in [-0.2, -0.15) is 4.31 Å². The van der Waals surface area contributed by atoms with Crippen LogP contribution in [0.1, 0.15) is 34.7 Å². The molecule has 1 aromatic heterocycles. The van der Waals surface area contributed by atoms with E-state index in [4.69, 9.17) is 4.74 Å². The molecule has 7 nitrogen and oxygen atoms in total. The van der Waals surface area contributed by atoms with Gasteiger partial charge < -0.3 is 9.72 Å². The van der Waals surface area contributed by atoms with Crippen molar-refractivity contribution in [2.24, 2.45) is 0 Å². The Hall–Kier alpha value is -2.45. The minimum atomic E-state index is -3.58. The number of rotatable bonds is 8.